The zero-order valence-corrected chi connectivity index (χ0v) is 20.8. The van der Waals surface area contributed by atoms with Gasteiger partial charge in [0.2, 0.25) is 0 Å². The fourth-order valence-electron chi connectivity index (χ4n) is 4.01. The summed E-state index contributed by atoms with van der Waals surface area (Å²) in [7, 11) is 3.02. The van der Waals surface area contributed by atoms with Crippen LogP contribution in [-0.4, -0.2) is 36.3 Å². The highest BCUT2D eigenvalue weighted by molar-refractivity contribution is 7.07. The van der Waals surface area contributed by atoms with Gasteiger partial charge in [0.15, 0.2) is 16.3 Å². The van der Waals surface area contributed by atoms with E-state index in [4.69, 9.17) is 14.2 Å². The smallest absolute Gasteiger partial charge is 0.338 e. The number of methoxy groups -OCH3 is 2. The van der Waals surface area contributed by atoms with Crippen LogP contribution in [0.5, 0.6) is 11.5 Å². The normalized spacial score (nSPS) is 15.2. The maximum atomic E-state index is 13.6. The van der Waals surface area contributed by atoms with Gasteiger partial charge in [0.05, 0.1) is 47.6 Å². The number of hydrogen-bond donors (Lipinski definition) is 0. The lowest BCUT2D eigenvalue weighted by atomic mass is 9.95. The first-order valence-electron chi connectivity index (χ1n) is 10.9. The van der Waals surface area contributed by atoms with Crippen LogP contribution in [0.3, 0.4) is 0 Å². The zero-order valence-electron chi connectivity index (χ0n) is 20.0. The maximum Gasteiger partial charge on any atom is 0.338 e. The molecule has 0 N–H and O–H groups in total. The number of nitrogens with zero attached hydrogens (tertiary/aromatic N) is 3. The molecule has 0 amide bonds. The molecule has 186 valence electrons. The summed E-state index contributed by atoms with van der Waals surface area (Å²) in [5.41, 5.74) is 1.29. The second-order valence-corrected chi connectivity index (χ2v) is 8.78. The van der Waals surface area contributed by atoms with E-state index in [0.29, 0.717) is 37.7 Å². The van der Waals surface area contributed by atoms with Gasteiger partial charge < -0.3 is 14.2 Å². The Kier molecular flexibility index (Phi) is 7.02. The molecule has 3 aromatic rings. The van der Waals surface area contributed by atoms with Crippen molar-refractivity contribution >= 4 is 29.1 Å². The molecule has 1 atom stereocenters. The molecule has 1 aromatic heterocycles. The van der Waals surface area contributed by atoms with Gasteiger partial charge in [-0.05, 0) is 43.2 Å². The number of thiazole rings is 1. The molecule has 0 spiro atoms. The fraction of sp³-hybridized carbons (Fsp3) is 0.240. The maximum absolute atomic E-state index is 13.6. The number of allylic oxidation sites excluding steroid dienone is 1. The molecule has 2 heterocycles. The van der Waals surface area contributed by atoms with Crippen LogP contribution in [0, 0.1) is 10.1 Å². The Bertz CT molecular complexity index is 1570. The molecule has 1 aliphatic heterocycles. The molecule has 11 heteroatoms. The van der Waals surface area contributed by atoms with Gasteiger partial charge >= 0.3 is 5.97 Å². The van der Waals surface area contributed by atoms with Crippen molar-refractivity contribution in [2.75, 3.05) is 20.8 Å². The van der Waals surface area contributed by atoms with Gasteiger partial charge in [-0.2, -0.15) is 0 Å². The van der Waals surface area contributed by atoms with Gasteiger partial charge in [0, 0.05) is 12.1 Å². The summed E-state index contributed by atoms with van der Waals surface area (Å²) in [6.07, 6.45) is 1.58. The van der Waals surface area contributed by atoms with Crippen LogP contribution < -0.4 is 24.4 Å². The number of nitro benzene ring substituents is 1. The lowest BCUT2D eigenvalue weighted by molar-refractivity contribution is -0.384. The highest BCUT2D eigenvalue weighted by Gasteiger charge is 2.33. The molecule has 4 rings (SSSR count). The van der Waals surface area contributed by atoms with Crippen molar-refractivity contribution < 1.29 is 23.9 Å². The molecule has 0 aliphatic carbocycles. The molecule has 0 radical (unpaired) electrons. The van der Waals surface area contributed by atoms with E-state index in [2.05, 4.69) is 4.99 Å². The van der Waals surface area contributed by atoms with E-state index in [0.717, 1.165) is 11.3 Å². The Morgan fingerprint density at radius 2 is 1.94 bits per heavy atom. The second kappa shape index (κ2) is 10.2. The molecule has 2 aromatic carbocycles. The number of benzene rings is 2. The van der Waals surface area contributed by atoms with E-state index < -0.39 is 16.9 Å². The standard InChI is InChI=1S/C25H23N3O7S/c1-5-35-24(30)21-14(2)26-25-27(22(21)16-9-10-18(33-3)19(13-16)34-4)23(29)20(36-25)12-15-7-6-8-17(11-15)28(31)32/h6-13,22H,5H2,1-4H3/b20-12-. The number of hydrogen-bond acceptors (Lipinski definition) is 9. The molecule has 36 heavy (non-hydrogen) atoms. The minimum absolute atomic E-state index is 0.0832. The number of esters is 1. The Balaban J connectivity index is 1.96. The van der Waals surface area contributed by atoms with Crippen molar-refractivity contribution in [2.45, 2.75) is 19.9 Å². The minimum atomic E-state index is -0.827. The first-order chi connectivity index (χ1) is 17.3. The molecular weight excluding hydrogens is 486 g/mol. The van der Waals surface area contributed by atoms with Gasteiger partial charge in [-0.3, -0.25) is 19.5 Å². The van der Waals surface area contributed by atoms with Crippen LogP contribution in [0.1, 0.15) is 31.0 Å². The number of carbonyl (C=O) groups excluding carboxylic acids is 1. The van der Waals surface area contributed by atoms with Gasteiger partial charge in [0.1, 0.15) is 0 Å². The van der Waals surface area contributed by atoms with E-state index in [1.54, 1.807) is 50.3 Å². The Hall–Kier alpha value is -4.25. The number of aromatic nitrogens is 1. The summed E-state index contributed by atoms with van der Waals surface area (Å²) in [5, 5.41) is 11.2. The van der Waals surface area contributed by atoms with Crippen molar-refractivity contribution in [3.05, 3.63) is 94.7 Å². The number of carbonyl (C=O) groups is 1. The predicted molar refractivity (Wildman–Crippen MR) is 133 cm³/mol. The van der Waals surface area contributed by atoms with E-state index in [1.807, 2.05) is 0 Å². The van der Waals surface area contributed by atoms with Crippen LogP contribution in [0.15, 0.2) is 63.5 Å². The van der Waals surface area contributed by atoms with Crippen molar-refractivity contribution in [1.82, 2.24) is 4.57 Å². The summed E-state index contributed by atoms with van der Waals surface area (Å²) < 4.78 is 17.8. The predicted octanol–water partition coefficient (Wildman–Crippen LogP) is 2.72. The third kappa shape index (κ3) is 4.52. The Morgan fingerprint density at radius 3 is 2.61 bits per heavy atom. The highest BCUT2D eigenvalue weighted by Crippen LogP contribution is 2.36. The van der Waals surface area contributed by atoms with E-state index >= 15 is 0 Å². The number of rotatable bonds is 7. The summed E-state index contributed by atoms with van der Waals surface area (Å²) >= 11 is 1.13. The average Bonchev–Trinajstić information content (AvgIpc) is 3.17. The topological polar surface area (TPSA) is 122 Å². The van der Waals surface area contributed by atoms with Crippen LogP contribution >= 0.6 is 11.3 Å². The molecule has 0 saturated heterocycles. The largest absolute Gasteiger partial charge is 0.493 e. The highest BCUT2D eigenvalue weighted by atomic mass is 32.1. The minimum Gasteiger partial charge on any atom is -0.493 e. The third-order valence-electron chi connectivity index (χ3n) is 5.62. The fourth-order valence-corrected chi connectivity index (χ4v) is 5.06. The van der Waals surface area contributed by atoms with Crippen molar-refractivity contribution in [2.24, 2.45) is 4.99 Å². The van der Waals surface area contributed by atoms with E-state index in [1.165, 1.54) is 30.9 Å². The monoisotopic (exact) mass is 509 g/mol. The van der Waals surface area contributed by atoms with Gasteiger partial charge in [-0.25, -0.2) is 9.79 Å². The first kappa shape index (κ1) is 24.9. The molecule has 0 fully saturated rings. The molecular formula is C25H23N3O7S. The van der Waals surface area contributed by atoms with E-state index in [9.17, 15) is 19.7 Å². The summed E-state index contributed by atoms with van der Waals surface area (Å²) in [6.45, 7) is 3.55. The quantitative estimate of drug-likeness (QED) is 0.273. The van der Waals surface area contributed by atoms with Crippen molar-refractivity contribution in [3.8, 4) is 11.5 Å². The lowest BCUT2D eigenvalue weighted by Crippen LogP contribution is -2.39. The summed E-state index contributed by atoms with van der Waals surface area (Å²) in [4.78, 5) is 42.2. The van der Waals surface area contributed by atoms with Crippen LogP contribution in [-0.2, 0) is 9.53 Å². The molecule has 1 aliphatic rings. The Labute approximate surface area is 209 Å². The molecule has 0 bridgehead atoms. The van der Waals surface area contributed by atoms with Gasteiger partial charge in [0.25, 0.3) is 11.2 Å². The van der Waals surface area contributed by atoms with Crippen molar-refractivity contribution in [1.29, 1.82) is 0 Å². The molecule has 0 saturated carbocycles. The number of non-ortho nitro benzene ring substituents is 1. The van der Waals surface area contributed by atoms with Crippen LogP contribution in [0.4, 0.5) is 5.69 Å². The SMILES string of the molecule is CCOC(=O)C1=C(C)N=c2s/c(=C\c3cccc([N+](=O)[O-])c3)c(=O)n2C1c1ccc(OC)c(OC)c1. The zero-order chi connectivity index (χ0) is 26.0. The van der Waals surface area contributed by atoms with E-state index in [-0.39, 0.29) is 23.4 Å². The summed E-state index contributed by atoms with van der Waals surface area (Å²) in [5.74, 6) is 0.357. The lowest BCUT2D eigenvalue weighted by Gasteiger charge is -2.25. The second-order valence-electron chi connectivity index (χ2n) is 7.77. The number of nitro groups is 1. The first-order valence-corrected chi connectivity index (χ1v) is 11.8. The third-order valence-corrected chi connectivity index (χ3v) is 6.60. The van der Waals surface area contributed by atoms with Crippen LogP contribution in [0.25, 0.3) is 6.08 Å². The van der Waals surface area contributed by atoms with Crippen molar-refractivity contribution in [3.63, 3.8) is 0 Å². The number of fused-ring (bicyclic) bond motifs is 1. The number of ether oxygens (including phenoxy) is 3. The molecule has 10 nitrogen and oxygen atoms in total. The Morgan fingerprint density at radius 1 is 1.19 bits per heavy atom. The average molecular weight is 510 g/mol. The van der Waals surface area contributed by atoms with Gasteiger partial charge in [-0.15, -0.1) is 0 Å². The molecule has 1 unspecified atom stereocenters. The van der Waals surface area contributed by atoms with Crippen LogP contribution in [0.2, 0.25) is 0 Å². The summed E-state index contributed by atoms with van der Waals surface area (Å²) in [6, 6.07) is 10.3. The van der Waals surface area contributed by atoms with Gasteiger partial charge in [-0.1, -0.05) is 29.5 Å².